The van der Waals surface area contributed by atoms with Gasteiger partial charge in [0.25, 0.3) is 0 Å². The predicted octanol–water partition coefficient (Wildman–Crippen LogP) is 3.02. The molecule has 1 heterocycles. The van der Waals surface area contributed by atoms with E-state index in [9.17, 15) is 5.11 Å². The van der Waals surface area contributed by atoms with Crippen LogP contribution in [-0.2, 0) is 6.54 Å². The highest BCUT2D eigenvalue weighted by Crippen LogP contribution is 2.35. The molecule has 0 radical (unpaired) electrons. The SMILES string of the molecule is CCN(CC)c1ncc(CNCC2(CO)CCCCC2)s1. The zero-order valence-corrected chi connectivity index (χ0v) is 14.2. The van der Waals surface area contributed by atoms with Crippen molar-refractivity contribution in [2.24, 2.45) is 5.41 Å². The summed E-state index contributed by atoms with van der Waals surface area (Å²) in [5, 5.41) is 14.4. The average Bonchev–Trinajstić information content (AvgIpc) is 2.98. The molecule has 0 spiro atoms. The maximum atomic E-state index is 9.72. The maximum absolute atomic E-state index is 9.72. The van der Waals surface area contributed by atoms with Gasteiger partial charge in [-0.3, -0.25) is 0 Å². The molecule has 1 fully saturated rings. The lowest BCUT2D eigenvalue weighted by molar-refractivity contribution is 0.0811. The summed E-state index contributed by atoms with van der Waals surface area (Å²) in [7, 11) is 0. The molecule has 1 aromatic heterocycles. The number of rotatable bonds is 8. The lowest BCUT2D eigenvalue weighted by Gasteiger charge is -2.35. The lowest BCUT2D eigenvalue weighted by Crippen LogP contribution is -2.38. The first-order chi connectivity index (χ1) is 10.2. The number of hydrogen-bond donors (Lipinski definition) is 2. The molecule has 5 heteroatoms. The number of nitrogens with zero attached hydrogens (tertiary/aromatic N) is 2. The van der Waals surface area contributed by atoms with Crippen molar-refractivity contribution in [3.05, 3.63) is 11.1 Å². The predicted molar refractivity (Wildman–Crippen MR) is 90.0 cm³/mol. The number of aliphatic hydroxyl groups is 1. The summed E-state index contributed by atoms with van der Waals surface area (Å²) < 4.78 is 0. The van der Waals surface area contributed by atoms with Gasteiger partial charge in [0.05, 0.1) is 0 Å². The Kier molecular flexibility index (Phi) is 6.45. The molecule has 1 saturated carbocycles. The summed E-state index contributed by atoms with van der Waals surface area (Å²) in [6, 6.07) is 0. The minimum absolute atomic E-state index is 0.116. The summed E-state index contributed by atoms with van der Waals surface area (Å²) in [6.07, 6.45) is 8.14. The van der Waals surface area contributed by atoms with Crippen molar-refractivity contribution in [1.82, 2.24) is 10.3 Å². The van der Waals surface area contributed by atoms with Gasteiger partial charge in [-0.25, -0.2) is 4.98 Å². The van der Waals surface area contributed by atoms with Crippen molar-refractivity contribution >= 4 is 16.5 Å². The van der Waals surface area contributed by atoms with Crippen LogP contribution in [0.5, 0.6) is 0 Å². The van der Waals surface area contributed by atoms with Crippen molar-refractivity contribution in [2.45, 2.75) is 52.5 Å². The van der Waals surface area contributed by atoms with Gasteiger partial charge in [-0.1, -0.05) is 19.3 Å². The van der Waals surface area contributed by atoms with E-state index in [0.717, 1.165) is 44.2 Å². The fourth-order valence-electron chi connectivity index (χ4n) is 3.16. The molecule has 0 aromatic carbocycles. The molecule has 0 amide bonds. The quantitative estimate of drug-likeness (QED) is 0.775. The first kappa shape index (κ1) is 16.7. The summed E-state index contributed by atoms with van der Waals surface area (Å²) in [5.74, 6) is 0. The third kappa shape index (κ3) is 4.41. The minimum Gasteiger partial charge on any atom is -0.396 e. The summed E-state index contributed by atoms with van der Waals surface area (Å²) in [6.45, 7) is 8.43. The summed E-state index contributed by atoms with van der Waals surface area (Å²) in [4.78, 5) is 8.08. The van der Waals surface area contributed by atoms with E-state index in [1.54, 1.807) is 11.3 Å². The molecular weight excluding hydrogens is 282 g/mol. The first-order valence-corrected chi connectivity index (χ1v) is 9.06. The van der Waals surface area contributed by atoms with E-state index < -0.39 is 0 Å². The molecule has 0 bridgehead atoms. The molecule has 0 atom stereocenters. The van der Waals surface area contributed by atoms with Gasteiger partial charge in [-0.15, -0.1) is 11.3 Å². The number of aromatic nitrogens is 1. The van der Waals surface area contributed by atoms with E-state index in [1.165, 1.54) is 24.1 Å². The first-order valence-electron chi connectivity index (χ1n) is 8.24. The van der Waals surface area contributed by atoms with Crippen LogP contribution in [0.25, 0.3) is 0 Å². The van der Waals surface area contributed by atoms with E-state index in [4.69, 9.17) is 0 Å². The van der Waals surface area contributed by atoms with Crippen molar-refractivity contribution in [3.8, 4) is 0 Å². The van der Waals surface area contributed by atoms with Crippen molar-refractivity contribution < 1.29 is 5.11 Å². The Labute approximate surface area is 132 Å². The second-order valence-electron chi connectivity index (χ2n) is 6.10. The minimum atomic E-state index is 0.116. The van der Waals surface area contributed by atoms with Gasteiger partial charge in [-0.05, 0) is 26.7 Å². The van der Waals surface area contributed by atoms with Crippen molar-refractivity contribution in [1.29, 1.82) is 0 Å². The van der Waals surface area contributed by atoms with Crippen LogP contribution in [0.15, 0.2) is 6.20 Å². The van der Waals surface area contributed by atoms with Gasteiger partial charge in [0.1, 0.15) is 0 Å². The largest absolute Gasteiger partial charge is 0.396 e. The van der Waals surface area contributed by atoms with Gasteiger partial charge in [0.2, 0.25) is 0 Å². The molecule has 0 aliphatic heterocycles. The van der Waals surface area contributed by atoms with Crippen LogP contribution in [0.4, 0.5) is 5.13 Å². The van der Waals surface area contributed by atoms with Crippen LogP contribution < -0.4 is 10.2 Å². The van der Waals surface area contributed by atoms with Gasteiger partial charge < -0.3 is 15.3 Å². The van der Waals surface area contributed by atoms with Crippen LogP contribution in [0, 0.1) is 5.41 Å². The Hall–Kier alpha value is -0.650. The maximum Gasteiger partial charge on any atom is 0.185 e. The zero-order chi connectivity index (χ0) is 15.1. The van der Waals surface area contributed by atoms with Crippen LogP contribution in [0.3, 0.4) is 0 Å². The molecule has 0 saturated heterocycles. The standard InChI is InChI=1S/C16H29N3OS/c1-3-19(4-2)15-18-11-14(21-15)10-17-12-16(13-20)8-6-5-7-9-16/h11,17,20H,3-10,12-13H2,1-2H3. The van der Waals surface area contributed by atoms with Crippen LogP contribution >= 0.6 is 11.3 Å². The molecule has 21 heavy (non-hydrogen) atoms. The molecule has 2 rings (SSSR count). The average molecular weight is 311 g/mol. The number of aliphatic hydroxyl groups excluding tert-OH is 1. The Morgan fingerprint density at radius 1 is 1.29 bits per heavy atom. The normalized spacial score (nSPS) is 17.9. The number of nitrogens with one attached hydrogen (secondary N) is 1. The third-order valence-electron chi connectivity index (χ3n) is 4.62. The van der Waals surface area contributed by atoms with Crippen molar-refractivity contribution in [3.63, 3.8) is 0 Å². The number of thiazole rings is 1. The van der Waals surface area contributed by atoms with Crippen LogP contribution in [0.1, 0.15) is 50.8 Å². The molecular formula is C16H29N3OS. The monoisotopic (exact) mass is 311 g/mol. The van der Waals surface area contributed by atoms with E-state index in [-0.39, 0.29) is 5.41 Å². The Balaban J connectivity index is 1.83. The van der Waals surface area contributed by atoms with E-state index >= 15 is 0 Å². The number of anilines is 1. The molecule has 1 aliphatic rings. The van der Waals surface area contributed by atoms with Gasteiger partial charge in [0, 0.05) is 49.3 Å². The molecule has 2 N–H and O–H groups in total. The van der Waals surface area contributed by atoms with Gasteiger partial charge >= 0.3 is 0 Å². The van der Waals surface area contributed by atoms with E-state index in [1.807, 2.05) is 6.20 Å². The Morgan fingerprint density at radius 2 is 2.00 bits per heavy atom. The fraction of sp³-hybridized carbons (Fsp3) is 0.812. The Morgan fingerprint density at radius 3 is 2.62 bits per heavy atom. The van der Waals surface area contributed by atoms with Crippen LogP contribution in [0.2, 0.25) is 0 Å². The fourth-order valence-corrected chi connectivity index (χ4v) is 4.17. The van der Waals surface area contributed by atoms with E-state index in [0.29, 0.717) is 6.61 Å². The molecule has 1 aliphatic carbocycles. The Bertz CT molecular complexity index is 411. The summed E-state index contributed by atoms with van der Waals surface area (Å²) >= 11 is 1.77. The second-order valence-corrected chi connectivity index (χ2v) is 7.20. The smallest absolute Gasteiger partial charge is 0.185 e. The van der Waals surface area contributed by atoms with E-state index in [2.05, 4.69) is 29.0 Å². The summed E-state index contributed by atoms with van der Waals surface area (Å²) in [5.41, 5.74) is 0.116. The molecule has 120 valence electrons. The van der Waals surface area contributed by atoms with Crippen molar-refractivity contribution in [2.75, 3.05) is 31.1 Å². The molecule has 0 unspecified atom stereocenters. The highest BCUT2D eigenvalue weighted by molar-refractivity contribution is 7.15. The third-order valence-corrected chi connectivity index (χ3v) is 5.68. The highest BCUT2D eigenvalue weighted by atomic mass is 32.1. The van der Waals surface area contributed by atoms with Gasteiger partial charge in [0.15, 0.2) is 5.13 Å². The molecule has 1 aromatic rings. The number of hydrogen-bond acceptors (Lipinski definition) is 5. The topological polar surface area (TPSA) is 48.4 Å². The zero-order valence-electron chi connectivity index (χ0n) is 13.4. The molecule has 4 nitrogen and oxygen atoms in total. The second kappa shape index (κ2) is 8.11. The lowest BCUT2D eigenvalue weighted by atomic mass is 9.74. The highest BCUT2D eigenvalue weighted by Gasteiger charge is 2.30. The van der Waals surface area contributed by atoms with Gasteiger partial charge in [-0.2, -0.15) is 0 Å². The van der Waals surface area contributed by atoms with Crippen LogP contribution in [-0.4, -0.2) is 36.3 Å².